The maximum absolute atomic E-state index is 5.06. The van der Waals surface area contributed by atoms with Crippen LogP contribution in [0.4, 0.5) is 0 Å². The van der Waals surface area contributed by atoms with Crippen molar-refractivity contribution in [2.24, 2.45) is 0 Å². The van der Waals surface area contributed by atoms with Gasteiger partial charge in [-0.3, -0.25) is 0 Å². The topological polar surface area (TPSA) is 22.1 Å². The lowest BCUT2D eigenvalue weighted by Gasteiger charge is -1.91. The molecule has 1 rings (SSSR count). The van der Waals surface area contributed by atoms with Crippen LogP contribution in [0.1, 0.15) is 17.5 Å². The van der Waals surface area contributed by atoms with E-state index >= 15 is 0 Å². The summed E-state index contributed by atoms with van der Waals surface area (Å²) in [6.45, 7) is 4.67. The van der Waals surface area contributed by atoms with Crippen LogP contribution in [0.5, 0.6) is 0 Å². The zero-order chi connectivity index (χ0) is 8.10. The molecule has 1 aromatic heterocycles. The van der Waals surface area contributed by atoms with Crippen molar-refractivity contribution >= 4 is 17.4 Å². The van der Waals surface area contributed by atoms with E-state index in [0.717, 1.165) is 5.69 Å². The number of hydrogen-bond acceptors (Lipinski definition) is 3. The van der Waals surface area contributed by atoms with Gasteiger partial charge in [0.1, 0.15) is 0 Å². The van der Waals surface area contributed by atoms with Gasteiger partial charge in [-0.25, -0.2) is 4.98 Å². The predicted molar refractivity (Wildman–Crippen MR) is 47.5 cm³/mol. The number of rotatable bonds is 3. The maximum Gasteiger partial charge on any atom is 0.0845 e. The van der Waals surface area contributed by atoms with Gasteiger partial charge in [-0.1, -0.05) is 0 Å². The standard InChI is InChI=1S/C8H11NOS/c1-3-10-5-4-8-7(2)9-6-11-8/h4-6H,3H2,1-2H3/b5-4+. The molecule has 0 bridgehead atoms. The van der Waals surface area contributed by atoms with Crippen LogP contribution in [0.3, 0.4) is 0 Å². The summed E-state index contributed by atoms with van der Waals surface area (Å²) >= 11 is 1.62. The number of aromatic nitrogens is 1. The highest BCUT2D eigenvalue weighted by molar-refractivity contribution is 7.10. The number of hydrogen-bond donors (Lipinski definition) is 0. The van der Waals surface area contributed by atoms with Crippen molar-refractivity contribution < 1.29 is 4.74 Å². The zero-order valence-electron chi connectivity index (χ0n) is 6.70. The molecular weight excluding hydrogens is 158 g/mol. The predicted octanol–water partition coefficient (Wildman–Crippen LogP) is 2.46. The molecule has 0 aliphatic heterocycles. The Balaban J connectivity index is 2.56. The van der Waals surface area contributed by atoms with Crippen molar-refractivity contribution in [3.05, 3.63) is 22.3 Å². The Bertz CT molecular complexity index is 242. The van der Waals surface area contributed by atoms with Gasteiger partial charge in [0.15, 0.2) is 0 Å². The van der Waals surface area contributed by atoms with Gasteiger partial charge in [0, 0.05) is 0 Å². The third-order valence-corrected chi connectivity index (χ3v) is 2.16. The van der Waals surface area contributed by atoms with Crippen molar-refractivity contribution in [3.63, 3.8) is 0 Å². The SMILES string of the molecule is CCO/C=C/c1scnc1C. The fourth-order valence-electron chi connectivity index (χ4n) is 0.677. The molecule has 0 unspecified atom stereocenters. The highest BCUT2D eigenvalue weighted by Gasteiger charge is 1.94. The van der Waals surface area contributed by atoms with Crippen LogP contribution in [0.2, 0.25) is 0 Å². The molecule has 1 heterocycles. The Hall–Kier alpha value is -0.830. The van der Waals surface area contributed by atoms with E-state index in [4.69, 9.17) is 4.74 Å². The minimum absolute atomic E-state index is 0.717. The minimum atomic E-state index is 0.717. The van der Waals surface area contributed by atoms with Crippen LogP contribution < -0.4 is 0 Å². The van der Waals surface area contributed by atoms with Crippen molar-refractivity contribution in [2.45, 2.75) is 13.8 Å². The largest absolute Gasteiger partial charge is 0.501 e. The van der Waals surface area contributed by atoms with E-state index in [1.807, 2.05) is 25.4 Å². The van der Waals surface area contributed by atoms with Crippen LogP contribution >= 0.6 is 11.3 Å². The summed E-state index contributed by atoms with van der Waals surface area (Å²) in [6.07, 6.45) is 3.65. The average molecular weight is 169 g/mol. The van der Waals surface area contributed by atoms with E-state index in [9.17, 15) is 0 Å². The number of nitrogens with zero attached hydrogens (tertiary/aromatic N) is 1. The summed E-state index contributed by atoms with van der Waals surface area (Å²) < 4.78 is 5.06. The fraction of sp³-hybridized carbons (Fsp3) is 0.375. The Morgan fingerprint density at radius 1 is 1.73 bits per heavy atom. The first-order chi connectivity index (χ1) is 5.34. The first-order valence-electron chi connectivity index (χ1n) is 3.53. The van der Waals surface area contributed by atoms with Gasteiger partial charge in [-0.2, -0.15) is 0 Å². The molecule has 0 saturated carbocycles. The average Bonchev–Trinajstić information content (AvgIpc) is 2.37. The van der Waals surface area contributed by atoms with Gasteiger partial charge >= 0.3 is 0 Å². The number of aryl methyl sites for hydroxylation is 1. The number of ether oxygens (including phenoxy) is 1. The van der Waals surface area contributed by atoms with E-state index in [2.05, 4.69) is 4.98 Å². The summed E-state index contributed by atoms with van der Waals surface area (Å²) in [4.78, 5) is 5.27. The smallest absolute Gasteiger partial charge is 0.0845 e. The molecule has 0 saturated heterocycles. The van der Waals surface area contributed by atoms with Crippen LogP contribution in [-0.4, -0.2) is 11.6 Å². The zero-order valence-corrected chi connectivity index (χ0v) is 7.52. The van der Waals surface area contributed by atoms with Crippen LogP contribution in [0.25, 0.3) is 6.08 Å². The van der Waals surface area contributed by atoms with Gasteiger partial charge in [0.05, 0.1) is 29.0 Å². The molecule has 0 radical (unpaired) electrons. The summed E-state index contributed by atoms with van der Waals surface area (Å²) in [5.41, 5.74) is 2.90. The molecular formula is C8H11NOS. The van der Waals surface area contributed by atoms with Gasteiger partial charge in [0.2, 0.25) is 0 Å². The van der Waals surface area contributed by atoms with Crippen molar-refractivity contribution in [1.29, 1.82) is 0 Å². The molecule has 0 spiro atoms. The third-order valence-electron chi connectivity index (χ3n) is 1.26. The molecule has 0 aromatic carbocycles. The first-order valence-corrected chi connectivity index (χ1v) is 4.40. The van der Waals surface area contributed by atoms with Crippen LogP contribution in [0.15, 0.2) is 11.8 Å². The van der Waals surface area contributed by atoms with E-state index < -0.39 is 0 Å². The quantitative estimate of drug-likeness (QED) is 0.648. The molecule has 11 heavy (non-hydrogen) atoms. The van der Waals surface area contributed by atoms with Gasteiger partial charge in [-0.15, -0.1) is 11.3 Å². The second-order valence-electron chi connectivity index (χ2n) is 2.06. The lowest BCUT2D eigenvalue weighted by molar-refractivity contribution is 0.272. The lowest BCUT2D eigenvalue weighted by Crippen LogP contribution is -1.77. The Morgan fingerprint density at radius 2 is 2.55 bits per heavy atom. The monoisotopic (exact) mass is 169 g/mol. The highest BCUT2D eigenvalue weighted by atomic mass is 32.1. The molecule has 0 atom stereocenters. The Kier molecular flexibility index (Phi) is 3.11. The molecule has 0 fully saturated rings. The van der Waals surface area contributed by atoms with Gasteiger partial charge in [0.25, 0.3) is 0 Å². The normalized spacial score (nSPS) is 10.7. The second-order valence-corrected chi connectivity index (χ2v) is 2.95. The van der Waals surface area contributed by atoms with E-state index in [0.29, 0.717) is 6.61 Å². The Labute approximate surface area is 70.5 Å². The molecule has 60 valence electrons. The highest BCUT2D eigenvalue weighted by Crippen LogP contribution is 2.13. The minimum Gasteiger partial charge on any atom is -0.501 e. The van der Waals surface area contributed by atoms with Crippen molar-refractivity contribution in [2.75, 3.05) is 6.61 Å². The molecule has 0 amide bonds. The van der Waals surface area contributed by atoms with Gasteiger partial charge < -0.3 is 4.74 Å². The fourth-order valence-corrected chi connectivity index (χ4v) is 1.36. The summed E-state index contributed by atoms with van der Waals surface area (Å²) in [7, 11) is 0. The molecule has 3 heteroatoms. The molecule has 0 aliphatic rings. The molecule has 1 aromatic rings. The molecule has 0 N–H and O–H groups in total. The molecule has 2 nitrogen and oxygen atoms in total. The van der Waals surface area contributed by atoms with Crippen LogP contribution in [0, 0.1) is 6.92 Å². The van der Waals surface area contributed by atoms with Crippen molar-refractivity contribution in [1.82, 2.24) is 4.98 Å². The first kappa shape index (κ1) is 8.27. The third kappa shape index (κ3) is 2.35. The van der Waals surface area contributed by atoms with E-state index in [1.54, 1.807) is 17.6 Å². The van der Waals surface area contributed by atoms with Gasteiger partial charge in [-0.05, 0) is 19.9 Å². The summed E-state index contributed by atoms with van der Waals surface area (Å²) in [5, 5.41) is 0. The van der Waals surface area contributed by atoms with Crippen LogP contribution in [-0.2, 0) is 4.74 Å². The summed E-state index contributed by atoms with van der Waals surface area (Å²) in [6, 6.07) is 0. The maximum atomic E-state index is 5.06. The number of thiazole rings is 1. The lowest BCUT2D eigenvalue weighted by atomic mass is 10.4. The summed E-state index contributed by atoms with van der Waals surface area (Å²) in [5.74, 6) is 0. The van der Waals surface area contributed by atoms with Crippen molar-refractivity contribution in [3.8, 4) is 0 Å². The Morgan fingerprint density at radius 3 is 3.09 bits per heavy atom. The van der Waals surface area contributed by atoms with E-state index in [1.165, 1.54) is 4.88 Å². The second kappa shape index (κ2) is 4.13. The van der Waals surface area contributed by atoms with E-state index in [-0.39, 0.29) is 0 Å². The molecule has 0 aliphatic carbocycles.